The van der Waals surface area contributed by atoms with Crippen LogP contribution in [0.5, 0.6) is 0 Å². The Morgan fingerprint density at radius 2 is 1.84 bits per heavy atom. The molecule has 6 heteroatoms. The number of rotatable bonds is 1. The van der Waals surface area contributed by atoms with E-state index in [-0.39, 0.29) is 5.69 Å². The van der Waals surface area contributed by atoms with Gasteiger partial charge >= 0.3 is 0 Å². The molecule has 0 aliphatic carbocycles. The molecule has 0 amide bonds. The first-order chi connectivity index (χ1) is 9.04. The molecule has 0 radical (unpaired) electrons. The lowest BCUT2D eigenvalue weighted by atomic mass is 10.2. The second-order valence-electron chi connectivity index (χ2n) is 3.98. The molecule has 2 aromatic carbocycles. The zero-order valence-electron chi connectivity index (χ0n) is 9.45. The summed E-state index contributed by atoms with van der Waals surface area (Å²) in [4.78, 5) is 4.35. The Morgan fingerprint density at radius 1 is 1.11 bits per heavy atom. The second-order valence-corrected chi connectivity index (χ2v) is 5.45. The van der Waals surface area contributed by atoms with Gasteiger partial charge in [0.2, 0.25) is 0 Å². The van der Waals surface area contributed by atoms with Gasteiger partial charge in [-0.05, 0) is 24.3 Å². The molecule has 19 heavy (non-hydrogen) atoms. The maximum atomic E-state index is 13.3. The molecule has 3 rings (SSSR count). The molecule has 0 aliphatic heterocycles. The molecule has 0 spiro atoms. The van der Waals surface area contributed by atoms with Crippen LogP contribution < -0.4 is 5.73 Å². The van der Waals surface area contributed by atoms with Crippen molar-refractivity contribution in [2.45, 2.75) is 0 Å². The zero-order valence-corrected chi connectivity index (χ0v) is 11.0. The van der Waals surface area contributed by atoms with Crippen molar-refractivity contribution < 1.29 is 8.78 Å². The van der Waals surface area contributed by atoms with Crippen molar-refractivity contribution in [2.24, 2.45) is 0 Å². The van der Waals surface area contributed by atoms with E-state index in [9.17, 15) is 8.78 Å². The maximum absolute atomic E-state index is 13.3. The van der Waals surface area contributed by atoms with Gasteiger partial charge in [0, 0.05) is 22.3 Å². The van der Waals surface area contributed by atoms with Gasteiger partial charge in [-0.1, -0.05) is 11.6 Å². The number of fused-ring (bicyclic) bond motifs is 1. The van der Waals surface area contributed by atoms with Crippen LogP contribution in [0.25, 0.3) is 20.8 Å². The molecule has 3 aromatic rings. The smallest absolute Gasteiger partial charge is 0.160 e. The van der Waals surface area contributed by atoms with Gasteiger partial charge in [-0.15, -0.1) is 11.3 Å². The summed E-state index contributed by atoms with van der Waals surface area (Å²) in [6, 6.07) is 7.29. The van der Waals surface area contributed by atoms with Crippen molar-refractivity contribution in [3.63, 3.8) is 0 Å². The van der Waals surface area contributed by atoms with Crippen molar-refractivity contribution in [2.75, 3.05) is 5.73 Å². The lowest BCUT2D eigenvalue weighted by Crippen LogP contribution is -1.94. The van der Waals surface area contributed by atoms with E-state index in [2.05, 4.69) is 4.98 Å². The Balaban J connectivity index is 2.21. The Bertz CT molecular complexity index is 786. The summed E-state index contributed by atoms with van der Waals surface area (Å²) in [5.74, 6) is -1.91. The summed E-state index contributed by atoms with van der Waals surface area (Å²) in [5.41, 5.74) is 6.99. The molecule has 2 N–H and O–H groups in total. The maximum Gasteiger partial charge on any atom is 0.160 e. The SMILES string of the molecule is Nc1cc(F)c(F)cc1-c1nc2ccc(Cl)cc2s1. The molecule has 2 nitrogen and oxygen atoms in total. The van der Waals surface area contributed by atoms with Crippen LogP contribution in [0.1, 0.15) is 0 Å². The number of hydrogen-bond acceptors (Lipinski definition) is 3. The van der Waals surface area contributed by atoms with Gasteiger partial charge in [0.15, 0.2) is 11.6 Å². The van der Waals surface area contributed by atoms with Gasteiger partial charge < -0.3 is 5.73 Å². The monoisotopic (exact) mass is 296 g/mol. The van der Waals surface area contributed by atoms with Crippen LogP contribution in [-0.4, -0.2) is 4.98 Å². The number of nitrogens with two attached hydrogens (primary N) is 1. The van der Waals surface area contributed by atoms with Gasteiger partial charge in [0.05, 0.1) is 10.2 Å². The first-order valence-electron chi connectivity index (χ1n) is 5.35. The fraction of sp³-hybridized carbons (Fsp3) is 0. The summed E-state index contributed by atoms with van der Waals surface area (Å²) in [6.07, 6.45) is 0. The summed E-state index contributed by atoms with van der Waals surface area (Å²) in [6.45, 7) is 0. The van der Waals surface area contributed by atoms with E-state index in [0.717, 1.165) is 22.3 Å². The highest BCUT2D eigenvalue weighted by molar-refractivity contribution is 7.21. The van der Waals surface area contributed by atoms with E-state index in [1.54, 1.807) is 18.2 Å². The quantitative estimate of drug-likeness (QED) is 0.673. The summed E-state index contributed by atoms with van der Waals surface area (Å²) < 4.78 is 27.2. The minimum Gasteiger partial charge on any atom is -0.398 e. The number of thiazole rings is 1. The first kappa shape index (κ1) is 12.3. The van der Waals surface area contributed by atoms with Crippen LogP contribution in [0.4, 0.5) is 14.5 Å². The third-order valence-electron chi connectivity index (χ3n) is 2.67. The van der Waals surface area contributed by atoms with E-state index < -0.39 is 11.6 Å². The Kier molecular flexibility index (Phi) is 2.88. The number of halogens is 3. The van der Waals surface area contributed by atoms with Crippen LogP contribution in [0.15, 0.2) is 30.3 Å². The molecule has 0 unspecified atom stereocenters. The average Bonchev–Trinajstić information content (AvgIpc) is 2.76. The third-order valence-corrected chi connectivity index (χ3v) is 3.96. The van der Waals surface area contributed by atoms with Crippen molar-refractivity contribution in [1.82, 2.24) is 4.98 Å². The predicted octanol–water partition coefficient (Wildman–Crippen LogP) is 4.48. The Labute approximate surface area is 116 Å². The van der Waals surface area contributed by atoms with Crippen LogP contribution in [0, 0.1) is 11.6 Å². The fourth-order valence-electron chi connectivity index (χ4n) is 1.76. The third kappa shape index (κ3) is 2.15. The summed E-state index contributed by atoms with van der Waals surface area (Å²) in [7, 11) is 0. The van der Waals surface area contributed by atoms with E-state index >= 15 is 0 Å². The molecule has 0 bridgehead atoms. The fourth-order valence-corrected chi connectivity index (χ4v) is 3.04. The largest absolute Gasteiger partial charge is 0.398 e. The van der Waals surface area contributed by atoms with Crippen molar-refractivity contribution >= 4 is 38.8 Å². The predicted molar refractivity (Wildman–Crippen MR) is 74.4 cm³/mol. The highest BCUT2D eigenvalue weighted by Gasteiger charge is 2.13. The van der Waals surface area contributed by atoms with Gasteiger partial charge in [0.1, 0.15) is 5.01 Å². The topological polar surface area (TPSA) is 38.9 Å². The Hall–Kier alpha value is -1.72. The molecule has 0 fully saturated rings. The standard InChI is InChI=1S/C13H7ClF2N2S/c14-6-1-2-11-12(3-6)19-13(18-11)7-4-8(15)9(16)5-10(7)17/h1-5H,17H2. The minimum atomic E-state index is -0.967. The first-order valence-corrected chi connectivity index (χ1v) is 6.55. The normalized spacial score (nSPS) is 11.1. The lowest BCUT2D eigenvalue weighted by Gasteiger charge is -2.02. The molecule has 0 saturated heterocycles. The van der Waals surface area contributed by atoms with Crippen molar-refractivity contribution in [3.8, 4) is 10.6 Å². The van der Waals surface area contributed by atoms with Gasteiger partial charge in [-0.3, -0.25) is 0 Å². The van der Waals surface area contributed by atoms with Crippen molar-refractivity contribution in [1.29, 1.82) is 0 Å². The van der Waals surface area contributed by atoms with E-state index in [1.165, 1.54) is 11.3 Å². The summed E-state index contributed by atoms with van der Waals surface area (Å²) in [5, 5.41) is 1.13. The number of nitrogen functional groups attached to an aromatic ring is 1. The number of hydrogen-bond donors (Lipinski definition) is 1. The Morgan fingerprint density at radius 3 is 2.63 bits per heavy atom. The van der Waals surface area contributed by atoms with E-state index in [4.69, 9.17) is 17.3 Å². The molecular weight excluding hydrogens is 290 g/mol. The van der Waals surface area contributed by atoms with E-state index in [0.29, 0.717) is 15.6 Å². The average molecular weight is 297 g/mol. The molecular formula is C13H7ClF2N2S. The van der Waals surface area contributed by atoms with Crippen LogP contribution in [0.2, 0.25) is 5.02 Å². The highest BCUT2D eigenvalue weighted by Crippen LogP contribution is 2.35. The highest BCUT2D eigenvalue weighted by atomic mass is 35.5. The zero-order chi connectivity index (χ0) is 13.6. The van der Waals surface area contributed by atoms with Gasteiger partial charge in [-0.25, -0.2) is 13.8 Å². The number of benzene rings is 2. The number of anilines is 1. The van der Waals surface area contributed by atoms with Crippen LogP contribution in [0.3, 0.4) is 0 Å². The molecule has 96 valence electrons. The van der Waals surface area contributed by atoms with Crippen LogP contribution in [-0.2, 0) is 0 Å². The molecule has 0 atom stereocenters. The number of nitrogens with zero attached hydrogens (tertiary/aromatic N) is 1. The van der Waals surface area contributed by atoms with Crippen molar-refractivity contribution in [3.05, 3.63) is 47.0 Å². The minimum absolute atomic E-state index is 0.157. The summed E-state index contributed by atoms with van der Waals surface area (Å²) >= 11 is 7.22. The molecule has 0 saturated carbocycles. The molecule has 1 aromatic heterocycles. The number of aromatic nitrogens is 1. The van der Waals surface area contributed by atoms with E-state index in [1.807, 2.05) is 0 Å². The lowest BCUT2D eigenvalue weighted by molar-refractivity contribution is 0.509. The van der Waals surface area contributed by atoms with Gasteiger partial charge in [-0.2, -0.15) is 0 Å². The van der Waals surface area contributed by atoms with Gasteiger partial charge in [0.25, 0.3) is 0 Å². The van der Waals surface area contributed by atoms with Crippen LogP contribution >= 0.6 is 22.9 Å². The second kappa shape index (κ2) is 4.43. The molecule has 0 aliphatic rings. The molecule has 1 heterocycles.